The van der Waals surface area contributed by atoms with Crippen molar-refractivity contribution in [2.24, 2.45) is 0 Å². The van der Waals surface area contributed by atoms with Gasteiger partial charge < -0.3 is 10.2 Å². The maximum Gasteiger partial charge on any atom is 0.270 e. The van der Waals surface area contributed by atoms with Crippen molar-refractivity contribution < 1.29 is 14.1 Å². The molecule has 0 aliphatic carbocycles. The molecule has 0 radical (unpaired) electrons. The van der Waals surface area contributed by atoms with Crippen molar-refractivity contribution in [3.05, 3.63) is 39.2 Å². The number of rotatable bonds is 2. The third-order valence-corrected chi connectivity index (χ3v) is 3.34. The highest BCUT2D eigenvalue weighted by atomic mass is 19.1. The van der Waals surface area contributed by atoms with Gasteiger partial charge in [-0.1, -0.05) is 0 Å². The summed E-state index contributed by atoms with van der Waals surface area (Å²) in [5.41, 5.74) is -0.396. The molecule has 1 aromatic carbocycles. The number of nitrogens with zero attached hydrogens (tertiary/aromatic N) is 2. The first-order valence-corrected chi connectivity index (χ1v) is 6.37. The summed E-state index contributed by atoms with van der Waals surface area (Å²) in [5, 5.41) is 14.0. The quantitative estimate of drug-likeness (QED) is 0.658. The second-order valence-electron chi connectivity index (χ2n) is 4.99. The molecule has 0 spiro atoms. The van der Waals surface area contributed by atoms with E-state index in [-0.39, 0.29) is 22.9 Å². The van der Waals surface area contributed by atoms with Gasteiger partial charge in [0.05, 0.1) is 10.5 Å². The van der Waals surface area contributed by atoms with Gasteiger partial charge in [-0.2, -0.15) is 0 Å². The Morgan fingerprint density at radius 3 is 2.85 bits per heavy atom. The summed E-state index contributed by atoms with van der Waals surface area (Å²) in [6, 6.07) is 2.26. The molecule has 2 rings (SSSR count). The van der Waals surface area contributed by atoms with E-state index in [2.05, 4.69) is 5.32 Å². The van der Waals surface area contributed by atoms with E-state index < -0.39 is 16.6 Å². The molecule has 1 aliphatic rings. The summed E-state index contributed by atoms with van der Waals surface area (Å²) in [4.78, 5) is 24.0. The van der Waals surface area contributed by atoms with Crippen LogP contribution in [0.4, 0.5) is 10.1 Å². The lowest BCUT2D eigenvalue weighted by Gasteiger charge is -2.32. The fourth-order valence-corrected chi connectivity index (χ4v) is 2.30. The highest BCUT2D eigenvalue weighted by Crippen LogP contribution is 2.22. The predicted molar refractivity (Wildman–Crippen MR) is 71.2 cm³/mol. The molecule has 7 heteroatoms. The third-order valence-electron chi connectivity index (χ3n) is 3.34. The normalized spacial score (nSPS) is 18.9. The molecular weight excluding hydrogens is 265 g/mol. The Morgan fingerprint density at radius 2 is 2.25 bits per heavy atom. The summed E-state index contributed by atoms with van der Waals surface area (Å²) >= 11 is 0. The first-order valence-electron chi connectivity index (χ1n) is 6.37. The smallest absolute Gasteiger partial charge is 0.270 e. The van der Waals surface area contributed by atoms with Gasteiger partial charge in [0.15, 0.2) is 0 Å². The molecule has 108 valence electrons. The molecule has 0 aromatic heterocycles. The second kappa shape index (κ2) is 5.54. The molecule has 0 bridgehead atoms. The Balaban J connectivity index is 2.35. The number of nitrogens with one attached hydrogen (secondary N) is 1. The third kappa shape index (κ3) is 2.77. The van der Waals surface area contributed by atoms with Crippen LogP contribution in [-0.4, -0.2) is 41.4 Å². The van der Waals surface area contributed by atoms with Crippen molar-refractivity contribution >= 4 is 11.6 Å². The van der Waals surface area contributed by atoms with E-state index in [4.69, 9.17) is 0 Å². The van der Waals surface area contributed by atoms with Crippen LogP contribution in [0.5, 0.6) is 0 Å². The molecule has 0 unspecified atom stereocenters. The van der Waals surface area contributed by atoms with Crippen LogP contribution in [0.3, 0.4) is 0 Å². The van der Waals surface area contributed by atoms with E-state index in [1.165, 1.54) is 11.8 Å². The summed E-state index contributed by atoms with van der Waals surface area (Å²) in [6.45, 7) is 4.89. The fourth-order valence-electron chi connectivity index (χ4n) is 2.30. The van der Waals surface area contributed by atoms with Crippen LogP contribution < -0.4 is 5.32 Å². The monoisotopic (exact) mass is 281 g/mol. The van der Waals surface area contributed by atoms with Gasteiger partial charge in [-0.05, 0) is 19.4 Å². The number of amides is 1. The van der Waals surface area contributed by atoms with Crippen molar-refractivity contribution in [2.75, 3.05) is 19.6 Å². The largest absolute Gasteiger partial charge is 0.336 e. The molecule has 1 heterocycles. The number of nitro groups is 1. The minimum absolute atomic E-state index is 0.103. The molecule has 1 N–H and O–H groups in total. The Bertz CT molecular complexity index is 562. The highest BCUT2D eigenvalue weighted by Gasteiger charge is 2.26. The van der Waals surface area contributed by atoms with Gasteiger partial charge in [0, 0.05) is 37.8 Å². The van der Waals surface area contributed by atoms with Gasteiger partial charge in [-0.25, -0.2) is 4.39 Å². The van der Waals surface area contributed by atoms with E-state index in [1.807, 2.05) is 6.92 Å². The second-order valence-corrected chi connectivity index (χ2v) is 4.99. The minimum atomic E-state index is -0.688. The number of aryl methyl sites for hydroxylation is 1. The van der Waals surface area contributed by atoms with Gasteiger partial charge in [-0.15, -0.1) is 0 Å². The SMILES string of the molecule is Cc1cc([N+](=O)[O-])cc(C(=O)N2CCN[C@@H](C)C2)c1F. The molecule has 6 nitrogen and oxygen atoms in total. The van der Waals surface area contributed by atoms with E-state index >= 15 is 0 Å². The lowest BCUT2D eigenvalue weighted by Crippen LogP contribution is -2.51. The molecule has 1 amide bonds. The number of non-ortho nitro benzene ring substituents is 1. The maximum absolute atomic E-state index is 14.1. The van der Waals surface area contributed by atoms with Crippen LogP contribution in [0.2, 0.25) is 0 Å². The zero-order valence-electron chi connectivity index (χ0n) is 11.4. The Hall–Kier alpha value is -2.02. The van der Waals surface area contributed by atoms with Gasteiger partial charge in [0.1, 0.15) is 5.82 Å². The summed E-state index contributed by atoms with van der Waals surface area (Å²) in [6.07, 6.45) is 0. The first-order chi connectivity index (χ1) is 9.40. The Kier molecular flexibility index (Phi) is 3.99. The van der Waals surface area contributed by atoms with Crippen LogP contribution in [0, 0.1) is 22.9 Å². The molecular formula is C13H16FN3O3. The topological polar surface area (TPSA) is 75.5 Å². The molecule has 0 saturated carbocycles. The maximum atomic E-state index is 14.1. The number of carbonyl (C=O) groups excluding carboxylic acids is 1. The average molecular weight is 281 g/mol. The lowest BCUT2D eigenvalue weighted by molar-refractivity contribution is -0.385. The number of hydrogen-bond acceptors (Lipinski definition) is 4. The van der Waals surface area contributed by atoms with Crippen LogP contribution in [0.1, 0.15) is 22.8 Å². The summed E-state index contributed by atoms with van der Waals surface area (Å²) in [7, 11) is 0. The summed E-state index contributed by atoms with van der Waals surface area (Å²) in [5.74, 6) is -1.19. The molecule has 1 saturated heterocycles. The number of benzene rings is 1. The van der Waals surface area contributed by atoms with Gasteiger partial charge >= 0.3 is 0 Å². The van der Waals surface area contributed by atoms with E-state index in [1.54, 1.807) is 0 Å². The summed E-state index contributed by atoms with van der Waals surface area (Å²) < 4.78 is 14.1. The number of piperazine rings is 1. The molecule has 1 atom stereocenters. The van der Waals surface area contributed by atoms with Crippen LogP contribution in [0.25, 0.3) is 0 Å². The van der Waals surface area contributed by atoms with Crippen molar-refractivity contribution in [3.63, 3.8) is 0 Å². The first kappa shape index (κ1) is 14.4. The Morgan fingerprint density at radius 1 is 1.55 bits per heavy atom. The van der Waals surface area contributed by atoms with Gasteiger partial charge in [-0.3, -0.25) is 14.9 Å². The number of halogens is 1. The number of hydrogen-bond donors (Lipinski definition) is 1. The van der Waals surface area contributed by atoms with Gasteiger partial charge in [0.25, 0.3) is 11.6 Å². The van der Waals surface area contributed by atoms with E-state index in [0.29, 0.717) is 19.6 Å². The fraction of sp³-hybridized carbons (Fsp3) is 0.462. The zero-order chi connectivity index (χ0) is 14.9. The average Bonchev–Trinajstić information content (AvgIpc) is 2.40. The number of carbonyl (C=O) groups is 1. The van der Waals surface area contributed by atoms with Crippen molar-refractivity contribution in [3.8, 4) is 0 Å². The lowest BCUT2D eigenvalue weighted by atomic mass is 10.1. The van der Waals surface area contributed by atoms with Crippen molar-refractivity contribution in [1.82, 2.24) is 10.2 Å². The van der Waals surface area contributed by atoms with Gasteiger partial charge in [0.2, 0.25) is 0 Å². The van der Waals surface area contributed by atoms with Crippen LogP contribution in [0.15, 0.2) is 12.1 Å². The molecule has 20 heavy (non-hydrogen) atoms. The van der Waals surface area contributed by atoms with E-state index in [9.17, 15) is 19.3 Å². The zero-order valence-corrected chi connectivity index (χ0v) is 11.4. The Labute approximate surface area is 115 Å². The predicted octanol–water partition coefficient (Wildman–Crippen LogP) is 1.48. The number of nitro benzene ring substituents is 1. The minimum Gasteiger partial charge on any atom is -0.336 e. The molecule has 1 aliphatic heterocycles. The van der Waals surface area contributed by atoms with Crippen molar-refractivity contribution in [2.45, 2.75) is 19.9 Å². The van der Waals surface area contributed by atoms with Crippen LogP contribution in [-0.2, 0) is 0 Å². The molecule has 1 aromatic rings. The van der Waals surface area contributed by atoms with Crippen molar-refractivity contribution in [1.29, 1.82) is 0 Å². The standard InChI is InChI=1S/C13H16FN3O3/c1-8-5-10(17(19)20)6-11(12(8)14)13(18)16-4-3-15-9(2)7-16/h5-6,9,15H,3-4,7H2,1-2H3/t9-/m0/s1. The van der Waals surface area contributed by atoms with E-state index in [0.717, 1.165) is 12.1 Å². The molecule has 1 fully saturated rings. The van der Waals surface area contributed by atoms with Crippen LogP contribution >= 0.6 is 0 Å². The highest BCUT2D eigenvalue weighted by molar-refractivity contribution is 5.95.